The largest absolute Gasteiger partial charge is 0.508 e. The number of nitrogens with zero attached hydrogens (tertiary/aromatic N) is 3. The summed E-state index contributed by atoms with van der Waals surface area (Å²) in [6.45, 7) is 5.26. The Kier molecular flexibility index (Phi) is 5.34. The highest BCUT2D eigenvalue weighted by molar-refractivity contribution is 5.78. The zero-order valence-electron chi connectivity index (χ0n) is 15.6. The van der Waals surface area contributed by atoms with E-state index in [0.717, 1.165) is 44.3 Å². The zero-order valence-corrected chi connectivity index (χ0v) is 15.6. The van der Waals surface area contributed by atoms with Gasteiger partial charge in [0.2, 0.25) is 5.91 Å². The molecule has 1 amide bonds. The summed E-state index contributed by atoms with van der Waals surface area (Å²) < 4.78 is 0. The van der Waals surface area contributed by atoms with E-state index in [1.54, 1.807) is 12.1 Å². The molecule has 1 saturated carbocycles. The van der Waals surface area contributed by atoms with E-state index >= 15 is 0 Å². The van der Waals surface area contributed by atoms with E-state index in [1.807, 2.05) is 12.1 Å². The lowest BCUT2D eigenvalue weighted by atomic mass is 9.78. The van der Waals surface area contributed by atoms with Crippen LogP contribution in [0.2, 0.25) is 0 Å². The van der Waals surface area contributed by atoms with E-state index in [1.165, 1.54) is 38.5 Å². The minimum Gasteiger partial charge on any atom is -0.508 e. The van der Waals surface area contributed by atoms with Gasteiger partial charge in [0.05, 0.1) is 6.54 Å². The molecule has 0 bridgehead atoms. The molecule has 5 nitrogen and oxygen atoms in total. The number of piperazine rings is 1. The number of amides is 1. The standard InChI is InChI=1S/C21H31N3O2/c25-19-9-7-18(8-10-19)23-14-12-22(13-15-23)16-21(26)24-11-3-5-17-4-1-2-6-20(17)24/h7-10,17,20,25H,1-6,11-16H2/t17-,20-/m1/s1. The molecule has 4 rings (SSSR count). The summed E-state index contributed by atoms with van der Waals surface area (Å²) >= 11 is 0. The maximum atomic E-state index is 13.0. The van der Waals surface area contributed by atoms with Gasteiger partial charge in [0, 0.05) is 44.5 Å². The highest BCUT2D eigenvalue weighted by atomic mass is 16.3. The van der Waals surface area contributed by atoms with Crippen molar-refractivity contribution in [1.29, 1.82) is 0 Å². The Bertz CT molecular complexity index is 608. The van der Waals surface area contributed by atoms with Gasteiger partial charge in [0.1, 0.15) is 5.75 Å². The van der Waals surface area contributed by atoms with Gasteiger partial charge in [-0.15, -0.1) is 0 Å². The number of hydrogen-bond donors (Lipinski definition) is 1. The monoisotopic (exact) mass is 357 g/mol. The van der Waals surface area contributed by atoms with Crippen molar-refractivity contribution in [2.24, 2.45) is 5.92 Å². The van der Waals surface area contributed by atoms with Gasteiger partial charge in [-0.2, -0.15) is 0 Å². The predicted molar refractivity (Wildman–Crippen MR) is 103 cm³/mol. The lowest BCUT2D eigenvalue weighted by Gasteiger charge is -2.45. The van der Waals surface area contributed by atoms with Gasteiger partial charge in [0.25, 0.3) is 0 Å². The van der Waals surface area contributed by atoms with E-state index in [9.17, 15) is 9.90 Å². The van der Waals surface area contributed by atoms with Crippen LogP contribution in [0.1, 0.15) is 38.5 Å². The van der Waals surface area contributed by atoms with E-state index in [2.05, 4.69) is 14.7 Å². The molecule has 1 aromatic rings. The first-order valence-corrected chi connectivity index (χ1v) is 10.3. The van der Waals surface area contributed by atoms with Gasteiger partial charge in [-0.25, -0.2) is 0 Å². The average Bonchev–Trinajstić information content (AvgIpc) is 2.69. The van der Waals surface area contributed by atoms with Crippen molar-refractivity contribution in [3.63, 3.8) is 0 Å². The molecule has 0 unspecified atom stereocenters. The first-order valence-electron chi connectivity index (χ1n) is 10.3. The fraction of sp³-hybridized carbons (Fsp3) is 0.667. The fourth-order valence-corrected chi connectivity index (χ4v) is 5.04. The van der Waals surface area contributed by atoms with Gasteiger partial charge >= 0.3 is 0 Å². The van der Waals surface area contributed by atoms with E-state index < -0.39 is 0 Å². The molecular formula is C21H31N3O2. The van der Waals surface area contributed by atoms with Crippen molar-refractivity contribution in [2.45, 2.75) is 44.6 Å². The molecule has 2 aliphatic heterocycles. The summed E-state index contributed by atoms with van der Waals surface area (Å²) in [4.78, 5) is 19.8. The molecule has 26 heavy (non-hydrogen) atoms. The molecule has 1 aliphatic carbocycles. The Labute approximate surface area is 156 Å². The van der Waals surface area contributed by atoms with Crippen molar-refractivity contribution in [1.82, 2.24) is 9.80 Å². The van der Waals surface area contributed by atoms with Crippen molar-refractivity contribution in [3.8, 4) is 5.75 Å². The molecular weight excluding hydrogens is 326 g/mol. The molecule has 1 aromatic carbocycles. The molecule has 2 saturated heterocycles. The highest BCUT2D eigenvalue weighted by Gasteiger charge is 2.36. The Morgan fingerprint density at radius 3 is 2.38 bits per heavy atom. The van der Waals surface area contributed by atoms with Gasteiger partial charge in [-0.1, -0.05) is 12.8 Å². The number of phenolic OH excluding ortho intramolecular Hbond substituents is 1. The second-order valence-electron chi connectivity index (χ2n) is 8.12. The number of likely N-dealkylation sites (tertiary alicyclic amines) is 1. The van der Waals surface area contributed by atoms with Crippen LogP contribution in [0.4, 0.5) is 5.69 Å². The van der Waals surface area contributed by atoms with Crippen LogP contribution in [0.15, 0.2) is 24.3 Å². The first-order chi connectivity index (χ1) is 12.7. The number of rotatable bonds is 3. The predicted octanol–water partition coefficient (Wildman–Crippen LogP) is 2.70. The summed E-state index contributed by atoms with van der Waals surface area (Å²) in [6, 6.07) is 7.92. The summed E-state index contributed by atoms with van der Waals surface area (Å²) in [5, 5.41) is 9.43. The summed E-state index contributed by atoms with van der Waals surface area (Å²) in [5.41, 5.74) is 1.15. The van der Waals surface area contributed by atoms with Crippen LogP contribution in [-0.4, -0.2) is 66.1 Å². The number of aromatic hydroxyl groups is 1. The second-order valence-corrected chi connectivity index (χ2v) is 8.12. The van der Waals surface area contributed by atoms with Crippen LogP contribution in [0, 0.1) is 5.92 Å². The van der Waals surface area contributed by atoms with Gasteiger partial charge < -0.3 is 14.9 Å². The molecule has 1 N–H and O–H groups in total. The Hall–Kier alpha value is -1.75. The third-order valence-electron chi connectivity index (χ3n) is 6.51. The molecule has 2 heterocycles. The van der Waals surface area contributed by atoms with E-state index in [0.29, 0.717) is 24.2 Å². The maximum absolute atomic E-state index is 13.0. The average molecular weight is 357 g/mol. The fourth-order valence-electron chi connectivity index (χ4n) is 5.04. The minimum absolute atomic E-state index is 0.306. The molecule has 2 atom stereocenters. The Balaban J connectivity index is 1.29. The molecule has 0 spiro atoms. The second kappa shape index (κ2) is 7.87. The SMILES string of the molecule is O=C(CN1CCN(c2ccc(O)cc2)CC1)N1CCC[C@H]2CCCC[C@H]21. The number of piperidine rings is 1. The number of fused-ring (bicyclic) bond motifs is 1. The van der Waals surface area contributed by atoms with Crippen molar-refractivity contribution in [2.75, 3.05) is 44.2 Å². The molecule has 142 valence electrons. The van der Waals surface area contributed by atoms with Crippen molar-refractivity contribution in [3.05, 3.63) is 24.3 Å². The third kappa shape index (κ3) is 3.83. The van der Waals surface area contributed by atoms with Crippen molar-refractivity contribution < 1.29 is 9.90 Å². The van der Waals surface area contributed by atoms with E-state index in [-0.39, 0.29) is 0 Å². The number of benzene rings is 1. The maximum Gasteiger partial charge on any atom is 0.237 e. The number of carbonyl (C=O) groups is 1. The van der Waals surface area contributed by atoms with Crippen molar-refractivity contribution >= 4 is 11.6 Å². The molecule has 3 fully saturated rings. The third-order valence-corrected chi connectivity index (χ3v) is 6.51. The smallest absolute Gasteiger partial charge is 0.237 e. The number of phenols is 1. The topological polar surface area (TPSA) is 47.0 Å². The normalized spacial score (nSPS) is 27.2. The number of hydrogen-bond acceptors (Lipinski definition) is 4. The minimum atomic E-state index is 0.306. The van der Waals surface area contributed by atoms with Crippen LogP contribution in [0.5, 0.6) is 5.75 Å². The quantitative estimate of drug-likeness (QED) is 0.904. The summed E-state index contributed by atoms with van der Waals surface area (Å²) in [7, 11) is 0. The Morgan fingerprint density at radius 2 is 1.62 bits per heavy atom. The van der Waals surface area contributed by atoms with E-state index in [4.69, 9.17) is 0 Å². The summed E-state index contributed by atoms with van der Waals surface area (Å²) in [6.07, 6.45) is 7.67. The molecule has 0 radical (unpaired) electrons. The molecule has 3 aliphatic rings. The lowest BCUT2D eigenvalue weighted by Crippen LogP contribution is -2.54. The van der Waals surface area contributed by atoms with Crippen LogP contribution in [0.3, 0.4) is 0 Å². The van der Waals surface area contributed by atoms with Crippen LogP contribution in [-0.2, 0) is 4.79 Å². The van der Waals surface area contributed by atoms with Crippen LogP contribution >= 0.6 is 0 Å². The van der Waals surface area contributed by atoms with Gasteiger partial charge in [-0.3, -0.25) is 9.69 Å². The highest BCUT2D eigenvalue weighted by Crippen LogP contribution is 2.35. The van der Waals surface area contributed by atoms with Gasteiger partial charge in [-0.05, 0) is 55.9 Å². The first kappa shape index (κ1) is 17.7. The zero-order chi connectivity index (χ0) is 17.9. The Morgan fingerprint density at radius 1 is 0.923 bits per heavy atom. The van der Waals surface area contributed by atoms with Crippen LogP contribution < -0.4 is 4.90 Å². The summed E-state index contributed by atoms with van der Waals surface area (Å²) in [5.74, 6) is 1.41. The van der Waals surface area contributed by atoms with Gasteiger partial charge in [0.15, 0.2) is 0 Å². The molecule has 0 aromatic heterocycles. The number of anilines is 1. The lowest BCUT2D eigenvalue weighted by molar-refractivity contribution is -0.138. The van der Waals surface area contributed by atoms with Crippen LogP contribution in [0.25, 0.3) is 0 Å². The number of carbonyl (C=O) groups excluding carboxylic acids is 1. The molecule has 5 heteroatoms.